The van der Waals surface area contributed by atoms with Crippen molar-refractivity contribution < 1.29 is 0 Å². The molecule has 0 aliphatic rings. The van der Waals surface area contributed by atoms with Crippen LogP contribution in [0.3, 0.4) is 0 Å². The van der Waals surface area contributed by atoms with Crippen molar-refractivity contribution >= 4 is 11.8 Å². The first kappa shape index (κ1) is 12.5. The predicted molar refractivity (Wildman–Crippen MR) is 67.2 cm³/mol. The maximum absolute atomic E-state index is 5.85. The third kappa shape index (κ3) is 3.84. The van der Waals surface area contributed by atoms with E-state index in [0.717, 1.165) is 10.6 Å². The Labute approximate surface area is 96.7 Å². The van der Waals surface area contributed by atoms with E-state index in [-0.39, 0.29) is 10.8 Å². The van der Waals surface area contributed by atoms with E-state index in [1.807, 2.05) is 13.1 Å². The van der Waals surface area contributed by atoms with Crippen LogP contribution in [0.1, 0.15) is 44.9 Å². The molecule has 1 aromatic heterocycles. The Morgan fingerprint density at radius 3 is 2.40 bits per heavy atom. The van der Waals surface area contributed by atoms with Crippen LogP contribution in [0, 0.1) is 6.92 Å². The van der Waals surface area contributed by atoms with Gasteiger partial charge in [-0.25, -0.2) is 4.98 Å². The Balaban J connectivity index is 2.92. The van der Waals surface area contributed by atoms with Gasteiger partial charge in [0.25, 0.3) is 0 Å². The Bertz CT molecular complexity index is 340. The molecular weight excluding hydrogens is 204 g/mol. The van der Waals surface area contributed by atoms with Gasteiger partial charge in [0.2, 0.25) is 0 Å². The fraction of sp³-hybridized carbons (Fsp3) is 0.583. The summed E-state index contributed by atoms with van der Waals surface area (Å²) in [6.07, 6.45) is 1.90. The molecule has 2 N–H and O–H groups in total. The Morgan fingerprint density at radius 2 is 2.00 bits per heavy atom. The van der Waals surface area contributed by atoms with Crippen molar-refractivity contribution in [2.24, 2.45) is 5.73 Å². The number of aromatic nitrogens is 1. The highest BCUT2D eigenvalue weighted by molar-refractivity contribution is 8.00. The predicted octanol–water partition coefficient (Wildman–Crippen LogP) is 3.30. The van der Waals surface area contributed by atoms with Crippen molar-refractivity contribution in [2.45, 2.75) is 50.4 Å². The van der Waals surface area contributed by atoms with Gasteiger partial charge in [0, 0.05) is 17.0 Å². The number of nitrogens with zero attached hydrogens (tertiary/aromatic N) is 1. The van der Waals surface area contributed by atoms with Crippen molar-refractivity contribution in [2.75, 3.05) is 0 Å². The Hall–Kier alpha value is -0.540. The average molecular weight is 224 g/mol. The molecule has 0 amide bonds. The molecule has 1 heterocycles. The van der Waals surface area contributed by atoms with Crippen LogP contribution in [0.2, 0.25) is 0 Å². The van der Waals surface area contributed by atoms with E-state index in [9.17, 15) is 0 Å². The maximum Gasteiger partial charge on any atom is 0.0967 e. The minimum absolute atomic E-state index is 0.0613. The lowest BCUT2D eigenvalue weighted by Crippen LogP contribution is -2.10. The first-order valence-corrected chi connectivity index (χ1v) is 6.02. The van der Waals surface area contributed by atoms with Crippen molar-refractivity contribution in [3.8, 4) is 0 Å². The van der Waals surface area contributed by atoms with Crippen molar-refractivity contribution in [1.29, 1.82) is 0 Å². The van der Waals surface area contributed by atoms with E-state index in [1.54, 1.807) is 11.8 Å². The molecule has 0 saturated carbocycles. The molecule has 0 spiro atoms. The zero-order valence-corrected chi connectivity index (χ0v) is 11.0. The number of aryl methyl sites for hydroxylation is 1. The molecule has 15 heavy (non-hydrogen) atoms. The van der Waals surface area contributed by atoms with Gasteiger partial charge in [-0.3, -0.25) is 0 Å². The van der Waals surface area contributed by atoms with Crippen LogP contribution >= 0.6 is 11.8 Å². The minimum Gasteiger partial charge on any atom is -0.324 e. The van der Waals surface area contributed by atoms with Crippen molar-refractivity contribution in [3.05, 3.63) is 23.4 Å². The highest BCUT2D eigenvalue weighted by Crippen LogP contribution is 2.31. The normalized spacial score (nSPS) is 14.0. The number of pyridine rings is 1. The molecule has 84 valence electrons. The van der Waals surface area contributed by atoms with Crippen LogP contribution in [-0.4, -0.2) is 9.73 Å². The molecule has 2 nitrogen and oxygen atoms in total. The van der Waals surface area contributed by atoms with E-state index < -0.39 is 0 Å². The zero-order chi connectivity index (χ0) is 11.6. The summed E-state index contributed by atoms with van der Waals surface area (Å²) in [6.45, 7) is 10.6. The summed E-state index contributed by atoms with van der Waals surface area (Å²) in [6, 6.07) is 2.18. The summed E-state index contributed by atoms with van der Waals surface area (Å²) in [7, 11) is 0. The molecule has 1 atom stereocenters. The van der Waals surface area contributed by atoms with Gasteiger partial charge in [-0.1, -0.05) is 20.8 Å². The molecule has 0 aliphatic heterocycles. The molecule has 0 fully saturated rings. The molecule has 1 aromatic rings. The number of rotatable bonds is 2. The SMILES string of the molecule is Cc1cc(SC(C)(C)C)ncc1[C@H](C)N. The molecule has 3 heteroatoms. The second kappa shape index (κ2) is 4.54. The first-order valence-electron chi connectivity index (χ1n) is 5.21. The third-order valence-electron chi connectivity index (χ3n) is 2.03. The van der Waals surface area contributed by atoms with Gasteiger partial charge in [-0.15, -0.1) is 11.8 Å². The third-order valence-corrected chi connectivity index (χ3v) is 3.07. The highest BCUT2D eigenvalue weighted by atomic mass is 32.2. The monoisotopic (exact) mass is 224 g/mol. The number of hydrogen-bond donors (Lipinski definition) is 1. The molecule has 0 unspecified atom stereocenters. The Kier molecular flexibility index (Phi) is 3.79. The first-order chi connectivity index (χ1) is 6.79. The molecule has 0 aromatic carbocycles. The molecule has 1 rings (SSSR count). The van der Waals surface area contributed by atoms with Crippen LogP contribution in [0.4, 0.5) is 0 Å². The summed E-state index contributed by atoms with van der Waals surface area (Å²) in [4.78, 5) is 4.43. The van der Waals surface area contributed by atoms with Gasteiger partial charge in [-0.05, 0) is 31.0 Å². The van der Waals surface area contributed by atoms with Gasteiger partial charge in [0.15, 0.2) is 0 Å². The largest absolute Gasteiger partial charge is 0.324 e. The summed E-state index contributed by atoms with van der Waals surface area (Å²) in [5.74, 6) is 0. The number of nitrogens with two attached hydrogens (primary N) is 1. The minimum atomic E-state index is 0.0613. The maximum atomic E-state index is 5.85. The lowest BCUT2D eigenvalue weighted by molar-refractivity contribution is 0.786. The highest BCUT2D eigenvalue weighted by Gasteiger charge is 2.14. The molecule has 0 radical (unpaired) electrons. The van der Waals surface area contributed by atoms with Crippen molar-refractivity contribution in [3.63, 3.8) is 0 Å². The molecule has 0 aliphatic carbocycles. The topological polar surface area (TPSA) is 38.9 Å². The van der Waals surface area contributed by atoms with Gasteiger partial charge >= 0.3 is 0 Å². The van der Waals surface area contributed by atoms with Gasteiger partial charge in [-0.2, -0.15) is 0 Å². The fourth-order valence-electron chi connectivity index (χ4n) is 1.39. The van der Waals surface area contributed by atoms with E-state index in [0.29, 0.717) is 0 Å². The van der Waals surface area contributed by atoms with Crippen LogP contribution in [0.25, 0.3) is 0 Å². The van der Waals surface area contributed by atoms with E-state index >= 15 is 0 Å². The van der Waals surface area contributed by atoms with Gasteiger partial charge in [0.1, 0.15) is 0 Å². The second-order valence-electron chi connectivity index (χ2n) is 4.88. The molecule has 0 bridgehead atoms. The number of thioether (sulfide) groups is 1. The lowest BCUT2D eigenvalue weighted by atomic mass is 10.1. The summed E-state index contributed by atoms with van der Waals surface area (Å²) in [5.41, 5.74) is 8.21. The van der Waals surface area contributed by atoms with Crippen LogP contribution in [0.5, 0.6) is 0 Å². The summed E-state index contributed by atoms with van der Waals surface area (Å²) >= 11 is 1.78. The fourth-order valence-corrected chi connectivity index (χ4v) is 2.36. The van der Waals surface area contributed by atoms with E-state index in [2.05, 4.69) is 38.7 Å². The standard InChI is InChI=1S/C12H20N2S/c1-8-6-11(15-12(3,4)5)14-7-10(8)9(2)13/h6-7,9H,13H2,1-5H3/t9-/m0/s1. The van der Waals surface area contributed by atoms with Crippen molar-refractivity contribution in [1.82, 2.24) is 4.98 Å². The summed E-state index contributed by atoms with van der Waals surface area (Å²) in [5, 5.41) is 1.07. The van der Waals surface area contributed by atoms with Crippen LogP contribution < -0.4 is 5.73 Å². The Morgan fingerprint density at radius 1 is 1.40 bits per heavy atom. The average Bonchev–Trinajstić information content (AvgIpc) is 1.99. The van der Waals surface area contributed by atoms with Crippen LogP contribution in [0.15, 0.2) is 17.3 Å². The molecule has 0 saturated heterocycles. The molecular formula is C12H20N2S. The smallest absolute Gasteiger partial charge is 0.0967 e. The lowest BCUT2D eigenvalue weighted by Gasteiger charge is -2.18. The van der Waals surface area contributed by atoms with Gasteiger partial charge in [0.05, 0.1) is 5.03 Å². The van der Waals surface area contributed by atoms with Crippen LogP contribution in [-0.2, 0) is 0 Å². The zero-order valence-electron chi connectivity index (χ0n) is 10.2. The second-order valence-corrected chi connectivity index (χ2v) is 6.73. The number of hydrogen-bond acceptors (Lipinski definition) is 3. The van der Waals surface area contributed by atoms with E-state index in [1.165, 1.54) is 5.56 Å². The van der Waals surface area contributed by atoms with E-state index in [4.69, 9.17) is 5.73 Å². The summed E-state index contributed by atoms with van der Waals surface area (Å²) < 4.78 is 0.204. The quantitative estimate of drug-likeness (QED) is 0.783. The van der Waals surface area contributed by atoms with Gasteiger partial charge < -0.3 is 5.73 Å².